The molecule has 27 heavy (non-hydrogen) atoms. The van der Waals surface area contributed by atoms with Crippen molar-refractivity contribution in [2.45, 2.75) is 46.1 Å². The number of piperidine rings is 1. The number of amides is 1. The lowest BCUT2D eigenvalue weighted by atomic mass is 10.0. The van der Waals surface area contributed by atoms with Crippen LogP contribution in [0.5, 0.6) is 0 Å². The zero-order chi connectivity index (χ0) is 18.8. The number of pyridine rings is 1. The molecule has 3 aromatic rings. The number of aryl methyl sites for hydroxylation is 2. The number of likely N-dealkylation sites (tertiary alicyclic amines) is 1. The van der Waals surface area contributed by atoms with Crippen LogP contribution in [0.1, 0.15) is 53.5 Å². The molecule has 0 spiro atoms. The molecule has 2 aromatic heterocycles. The van der Waals surface area contributed by atoms with Gasteiger partial charge < -0.3 is 4.90 Å². The highest BCUT2D eigenvalue weighted by atomic mass is 16.2. The fourth-order valence-corrected chi connectivity index (χ4v) is 3.89. The zero-order valence-electron chi connectivity index (χ0n) is 16.1. The molecule has 1 aliphatic rings. The molecule has 1 saturated heterocycles. The van der Waals surface area contributed by atoms with E-state index < -0.39 is 0 Å². The minimum absolute atomic E-state index is 0.124. The van der Waals surface area contributed by atoms with Gasteiger partial charge in [-0.1, -0.05) is 37.3 Å². The van der Waals surface area contributed by atoms with Crippen LogP contribution in [0.4, 0.5) is 0 Å². The van der Waals surface area contributed by atoms with Crippen LogP contribution in [-0.2, 0) is 13.0 Å². The van der Waals surface area contributed by atoms with Gasteiger partial charge in [-0.3, -0.25) is 4.79 Å². The minimum atomic E-state index is 0.124. The molecule has 5 nitrogen and oxygen atoms in total. The molecule has 1 aliphatic heterocycles. The average Bonchev–Trinajstić information content (AvgIpc) is 3.03. The third kappa shape index (κ3) is 3.46. The lowest BCUT2D eigenvalue weighted by Crippen LogP contribution is -2.35. The molecule has 0 aliphatic carbocycles. The Balaban J connectivity index is 1.80. The standard InChI is InChI=1S/C22H26N4O/c1-3-18-14-19(22(27)25-12-8-5-9-13-25)20-16(2)24-26(21(20)23-18)15-17-10-6-4-7-11-17/h4,6-7,10-11,14H,3,5,8-9,12-13,15H2,1-2H3. The van der Waals surface area contributed by atoms with Crippen LogP contribution >= 0.6 is 0 Å². The highest BCUT2D eigenvalue weighted by Crippen LogP contribution is 2.25. The number of rotatable bonds is 4. The molecule has 0 N–H and O–H groups in total. The van der Waals surface area contributed by atoms with Gasteiger partial charge in [0.25, 0.3) is 5.91 Å². The fourth-order valence-electron chi connectivity index (χ4n) is 3.89. The molecule has 0 saturated carbocycles. The SMILES string of the molecule is CCc1cc(C(=O)N2CCCCC2)c2c(C)nn(Cc3ccccc3)c2n1. The van der Waals surface area contributed by atoms with Crippen LogP contribution in [0, 0.1) is 6.92 Å². The Kier molecular flexibility index (Phi) is 4.92. The van der Waals surface area contributed by atoms with E-state index in [0.29, 0.717) is 6.54 Å². The van der Waals surface area contributed by atoms with Crippen LogP contribution in [0.25, 0.3) is 11.0 Å². The number of carbonyl (C=O) groups excluding carboxylic acids is 1. The summed E-state index contributed by atoms with van der Waals surface area (Å²) in [5.74, 6) is 0.124. The normalized spacial score (nSPS) is 14.7. The summed E-state index contributed by atoms with van der Waals surface area (Å²) in [6.45, 7) is 6.41. The van der Waals surface area contributed by atoms with Gasteiger partial charge in [0.2, 0.25) is 0 Å². The number of hydrogen-bond donors (Lipinski definition) is 0. The molecule has 1 fully saturated rings. The van der Waals surface area contributed by atoms with Gasteiger partial charge in [0, 0.05) is 18.8 Å². The van der Waals surface area contributed by atoms with E-state index in [1.807, 2.05) is 40.8 Å². The van der Waals surface area contributed by atoms with Crippen LogP contribution in [-0.4, -0.2) is 38.7 Å². The van der Waals surface area contributed by atoms with Crippen molar-refractivity contribution in [2.24, 2.45) is 0 Å². The maximum atomic E-state index is 13.3. The monoisotopic (exact) mass is 362 g/mol. The summed E-state index contributed by atoms with van der Waals surface area (Å²) >= 11 is 0. The molecule has 0 radical (unpaired) electrons. The number of aromatic nitrogens is 3. The van der Waals surface area contributed by atoms with E-state index in [0.717, 1.165) is 60.3 Å². The first-order chi connectivity index (χ1) is 13.2. The summed E-state index contributed by atoms with van der Waals surface area (Å²) in [5, 5.41) is 5.63. The summed E-state index contributed by atoms with van der Waals surface area (Å²) in [4.78, 5) is 20.1. The lowest BCUT2D eigenvalue weighted by Gasteiger charge is -2.27. The van der Waals surface area contributed by atoms with E-state index in [-0.39, 0.29) is 5.91 Å². The summed E-state index contributed by atoms with van der Waals surface area (Å²) in [5.41, 5.74) is 4.56. The van der Waals surface area contributed by atoms with Crippen molar-refractivity contribution >= 4 is 16.9 Å². The highest BCUT2D eigenvalue weighted by Gasteiger charge is 2.24. The van der Waals surface area contributed by atoms with Gasteiger partial charge in [0.1, 0.15) is 0 Å². The summed E-state index contributed by atoms with van der Waals surface area (Å²) < 4.78 is 1.94. The Hall–Kier alpha value is -2.69. The maximum absolute atomic E-state index is 13.3. The first-order valence-corrected chi connectivity index (χ1v) is 9.87. The molecule has 140 valence electrons. The highest BCUT2D eigenvalue weighted by molar-refractivity contribution is 6.06. The molecule has 0 bridgehead atoms. The predicted octanol–water partition coefficient (Wildman–Crippen LogP) is 3.98. The largest absolute Gasteiger partial charge is 0.339 e. The van der Waals surface area contributed by atoms with Crippen molar-refractivity contribution in [2.75, 3.05) is 13.1 Å². The third-order valence-electron chi connectivity index (χ3n) is 5.34. The first-order valence-electron chi connectivity index (χ1n) is 9.87. The Morgan fingerprint density at radius 1 is 1.11 bits per heavy atom. The average molecular weight is 362 g/mol. The van der Waals surface area contributed by atoms with Gasteiger partial charge in [-0.05, 0) is 44.2 Å². The van der Waals surface area contributed by atoms with Crippen molar-refractivity contribution < 1.29 is 4.79 Å². The summed E-state index contributed by atoms with van der Waals surface area (Å²) in [6.07, 6.45) is 4.19. The fraction of sp³-hybridized carbons (Fsp3) is 0.409. The van der Waals surface area contributed by atoms with Crippen LogP contribution in [0.15, 0.2) is 36.4 Å². The van der Waals surface area contributed by atoms with Crippen LogP contribution in [0.2, 0.25) is 0 Å². The lowest BCUT2D eigenvalue weighted by molar-refractivity contribution is 0.0726. The second-order valence-electron chi connectivity index (χ2n) is 7.29. The van der Waals surface area contributed by atoms with Gasteiger partial charge in [0.05, 0.1) is 23.2 Å². The number of carbonyl (C=O) groups is 1. The maximum Gasteiger partial charge on any atom is 0.254 e. The van der Waals surface area contributed by atoms with E-state index in [2.05, 4.69) is 19.1 Å². The molecular weight excluding hydrogens is 336 g/mol. The van der Waals surface area contributed by atoms with E-state index in [9.17, 15) is 4.79 Å². The first kappa shape index (κ1) is 17.7. The predicted molar refractivity (Wildman–Crippen MR) is 107 cm³/mol. The van der Waals surface area contributed by atoms with E-state index in [1.165, 1.54) is 12.0 Å². The number of benzene rings is 1. The van der Waals surface area contributed by atoms with E-state index in [4.69, 9.17) is 10.1 Å². The van der Waals surface area contributed by atoms with Crippen molar-refractivity contribution in [3.05, 3.63) is 58.9 Å². The van der Waals surface area contributed by atoms with Gasteiger partial charge >= 0.3 is 0 Å². The van der Waals surface area contributed by atoms with Crippen molar-refractivity contribution in [1.29, 1.82) is 0 Å². The second kappa shape index (κ2) is 7.51. The van der Waals surface area contributed by atoms with E-state index in [1.54, 1.807) is 0 Å². The number of fused-ring (bicyclic) bond motifs is 1. The Morgan fingerprint density at radius 2 is 1.85 bits per heavy atom. The molecule has 5 heteroatoms. The number of nitrogens with zero attached hydrogens (tertiary/aromatic N) is 4. The van der Waals surface area contributed by atoms with Crippen LogP contribution in [0.3, 0.4) is 0 Å². The minimum Gasteiger partial charge on any atom is -0.339 e. The quantitative estimate of drug-likeness (QED) is 0.705. The Bertz CT molecular complexity index is 955. The molecule has 4 rings (SSSR count). The third-order valence-corrected chi connectivity index (χ3v) is 5.34. The molecule has 1 amide bonds. The van der Waals surface area contributed by atoms with Gasteiger partial charge in [-0.25, -0.2) is 9.67 Å². The molecule has 3 heterocycles. The van der Waals surface area contributed by atoms with E-state index >= 15 is 0 Å². The molecular formula is C22H26N4O. The van der Waals surface area contributed by atoms with Gasteiger partial charge in [-0.15, -0.1) is 0 Å². The molecule has 1 aromatic carbocycles. The molecule has 0 atom stereocenters. The Morgan fingerprint density at radius 3 is 2.56 bits per heavy atom. The Labute approximate surface area is 160 Å². The topological polar surface area (TPSA) is 51.0 Å². The summed E-state index contributed by atoms with van der Waals surface area (Å²) in [6, 6.07) is 12.2. The zero-order valence-corrected chi connectivity index (χ0v) is 16.1. The molecule has 0 unspecified atom stereocenters. The van der Waals surface area contributed by atoms with Gasteiger partial charge in [-0.2, -0.15) is 5.10 Å². The van der Waals surface area contributed by atoms with Crippen molar-refractivity contribution in [1.82, 2.24) is 19.7 Å². The van der Waals surface area contributed by atoms with Crippen molar-refractivity contribution in [3.63, 3.8) is 0 Å². The van der Waals surface area contributed by atoms with Crippen molar-refractivity contribution in [3.8, 4) is 0 Å². The smallest absolute Gasteiger partial charge is 0.254 e. The van der Waals surface area contributed by atoms with Crippen LogP contribution < -0.4 is 0 Å². The second-order valence-corrected chi connectivity index (χ2v) is 7.29. The number of hydrogen-bond acceptors (Lipinski definition) is 3. The summed E-state index contributed by atoms with van der Waals surface area (Å²) in [7, 11) is 0. The van der Waals surface area contributed by atoms with Gasteiger partial charge in [0.15, 0.2) is 5.65 Å².